The molecule has 0 spiro atoms. The van der Waals surface area contributed by atoms with Gasteiger partial charge in [-0.15, -0.1) is 0 Å². The fraction of sp³-hybridized carbons (Fsp3) is 0.571. The van der Waals surface area contributed by atoms with Crippen LogP contribution in [0.25, 0.3) is 11.1 Å². The molecular weight excluding hydrogens is 535 g/mol. The van der Waals surface area contributed by atoms with Crippen LogP contribution in [-0.4, -0.2) is 29.1 Å². The number of ether oxygens (including phenoxy) is 2. The summed E-state index contributed by atoms with van der Waals surface area (Å²) in [5.41, 5.74) is 0.0795. The number of carboxylic acids is 1. The minimum Gasteiger partial charge on any atom is -0.478 e. The van der Waals surface area contributed by atoms with Crippen molar-refractivity contribution in [2.75, 3.05) is 0 Å². The van der Waals surface area contributed by atoms with Gasteiger partial charge in [-0.3, -0.25) is 4.79 Å². The predicted molar refractivity (Wildman–Crippen MR) is 165 cm³/mol. The summed E-state index contributed by atoms with van der Waals surface area (Å²) < 4.78 is 26.4. The van der Waals surface area contributed by atoms with E-state index >= 15 is 4.39 Å². The first-order chi connectivity index (χ1) is 20.3. The van der Waals surface area contributed by atoms with Crippen LogP contribution < -0.4 is 4.74 Å². The van der Waals surface area contributed by atoms with Crippen LogP contribution in [0.5, 0.6) is 5.75 Å². The van der Waals surface area contributed by atoms with E-state index < -0.39 is 23.7 Å². The van der Waals surface area contributed by atoms with Gasteiger partial charge in [0.2, 0.25) is 0 Å². The molecule has 2 aromatic carbocycles. The van der Waals surface area contributed by atoms with Crippen LogP contribution in [0.1, 0.15) is 144 Å². The highest BCUT2D eigenvalue weighted by Crippen LogP contribution is 2.33. The molecule has 0 heterocycles. The molecule has 2 aromatic rings. The summed E-state index contributed by atoms with van der Waals surface area (Å²) in [6.07, 6.45) is 16.3. The third-order valence-electron chi connectivity index (χ3n) is 7.48. The molecule has 0 saturated heterocycles. The second-order valence-corrected chi connectivity index (χ2v) is 11.2. The number of halogens is 1. The van der Waals surface area contributed by atoms with Crippen LogP contribution in [0.15, 0.2) is 36.4 Å². The normalized spacial score (nSPS) is 11.7. The monoisotopic (exact) mass is 584 g/mol. The highest BCUT2D eigenvalue weighted by atomic mass is 19.1. The summed E-state index contributed by atoms with van der Waals surface area (Å²) in [5.74, 6) is -3.59. The molecule has 0 aliphatic rings. The largest absolute Gasteiger partial charge is 0.478 e. The highest BCUT2D eigenvalue weighted by molar-refractivity contribution is 5.97. The number of carboxylic acid groups (broad SMARTS) is 1. The Balaban J connectivity index is 1.98. The SMILES string of the molecule is CCCCCCCCCCC(=O)Oc1ccc(C(=O)O)c(-c2ccc(C(=O)O[C@H](C)CCCCCCCC)cc2)c1F. The average Bonchev–Trinajstić information content (AvgIpc) is 2.97. The summed E-state index contributed by atoms with van der Waals surface area (Å²) >= 11 is 0. The molecule has 7 heteroatoms. The molecule has 1 atom stereocenters. The van der Waals surface area contributed by atoms with Crippen LogP contribution in [0, 0.1) is 5.82 Å². The number of hydrogen-bond donors (Lipinski definition) is 1. The smallest absolute Gasteiger partial charge is 0.338 e. The number of unbranched alkanes of at least 4 members (excludes halogenated alkanes) is 12. The molecule has 232 valence electrons. The van der Waals surface area contributed by atoms with Gasteiger partial charge in [0.25, 0.3) is 0 Å². The van der Waals surface area contributed by atoms with Crippen molar-refractivity contribution in [3.8, 4) is 16.9 Å². The number of benzene rings is 2. The van der Waals surface area contributed by atoms with E-state index in [4.69, 9.17) is 9.47 Å². The number of hydrogen-bond acceptors (Lipinski definition) is 5. The van der Waals surface area contributed by atoms with E-state index in [9.17, 15) is 19.5 Å². The molecule has 0 aliphatic heterocycles. The molecule has 0 amide bonds. The Morgan fingerprint density at radius 3 is 1.88 bits per heavy atom. The summed E-state index contributed by atoms with van der Waals surface area (Å²) in [4.78, 5) is 36.9. The topological polar surface area (TPSA) is 89.9 Å². The molecule has 0 saturated carbocycles. The van der Waals surface area contributed by atoms with Crippen molar-refractivity contribution in [1.82, 2.24) is 0 Å². The van der Waals surface area contributed by atoms with Crippen LogP contribution >= 0.6 is 0 Å². The molecular formula is C35H49FO6. The Hall–Kier alpha value is -3.22. The van der Waals surface area contributed by atoms with Gasteiger partial charge in [-0.2, -0.15) is 0 Å². The lowest BCUT2D eigenvalue weighted by molar-refractivity contribution is -0.134. The molecule has 0 aliphatic carbocycles. The minimum absolute atomic E-state index is 0.165. The van der Waals surface area contributed by atoms with Gasteiger partial charge in [0.15, 0.2) is 11.6 Å². The van der Waals surface area contributed by atoms with E-state index in [1.807, 2.05) is 6.92 Å². The van der Waals surface area contributed by atoms with E-state index in [1.54, 1.807) is 0 Å². The van der Waals surface area contributed by atoms with E-state index in [0.717, 1.165) is 38.5 Å². The highest BCUT2D eigenvalue weighted by Gasteiger charge is 2.22. The molecule has 1 N–H and O–H groups in total. The predicted octanol–water partition coefficient (Wildman–Crippen LogP) is 9.92. The molecule has 0 fully saturated rings. The lowest BCUT2D eigenvalue weighted by Gasteiger charge is -2.14. The van der Waals surface area contributed by atoms with Crippen molar-refractivity contribution in [2.45, 2.75) is 130 Å². The van der Waals surface area contributed by atoms with Crippen LogP contribution in [0.2, 0.25) is 0 Å². The summed E-state index contributed by atoms with van der Waals surface area (Å²) in [6.45, 7) is 6.23. The van der Waals surface area contributed by atoms with Gasteiger partial charge in [-0.25, -0.2) is 14.0 Å². The van der Waals surface area contributed by atoms with Crippen molar-refractivity contribution >= 4 is 17.9 Å². The van der Waals surface area contributed by atoms with Crippen molar-refractivity contribution in [2.24, 2.45) is 0 Å². The number of carbonyl (C=O) groups excluding carboxylic acids is 2. The zero-order chi connectivity index (χ0) is 30.7. The standard InChI is InChI=1S/C35H49FO6/c1-4-6-8-10-12-13-15-17-19-31(37)42-30-25-24-29(34(38)39)32(33(30)36)27-20-22-28(23-21-27)35(40)41-26(3)18-16-14-11-9-7-5-2/h20-26H,4-19H2,1-3H3,(H,38,39)/t26-/m1/s1. The van der Waals surface area contributed by atoms with Gasteiger partial charge >= 0.3 is 17.9 Å². The van der Waals surface area contributed by atoms with Crippen molar-refractivity contribution < 1.29 is 33.4 Å². The van der Waals surface area contributed by atoms with Gasteiger partial charge in [0.1, 0.15) is 0 Å². The maximum atomic E-state index is 15.5. The number of rotatable bonds is 21. The van der Waals surface area contributed by atoms with Gasteiger partial charge in [0, 0.05) is 12.0 Å². The molecule has 0 unspecified atom stereocenters. The number of esters is 2. The van der Waals surface area contributed by atoms with Gasteiger partial charge in [-0.1, -0.05) is 103 Å². The third kappa shape index (κ3) is 12.3. The van der Waals surface area contributed by atoms with E-state index in [0.29, 0.717) is 12.0 Å². The Kier molecular flexibility index (Phi) is 16.5. The van der Waals surface area contributed by atoms with Gasteiger partial charge in [-0.05, 0) is 56.0 Å². The van der Waals surface area contributed by atoms with Gasteiger partial charge < -0.3 is 14.6 Å². The quantitative estimate of drug-likeness (QED) is 0.0892. The maximum absolute atomic E-state index is 15.5. The number of carbonyl (C=O) groups is 3. The molecule has 6 nitrogen and oxygen atoms in total. The Bertz CT molecular complexity index is 1110. The molecule has 0 bridgehead atoms. The first-order valence-electron chi connectivity index (χ1n) is 15.9. The van der Waals surface area contributed by atoms with Gasteiger partial charge in [0.05, 0.1) is 17.2 Å². The minimum atomic E-state index is -1.31. The molecule has 0 radical (unpaired) electrons. The van der Waals surface area contributed by atoms with E-state index in [2.05, 4.69) is 13.8 Å². The fourth-order valence-corrected chi connectivity index (χ4v) is 4.97. The van der Waals surface area contributed by atoms with E-state index in [1.165, 1.54) is 87.8 Å². The lowest BCUT2D eigenvalue weighted by Crippen LogP contribution is -2.15. The summed E-state index contributed by atoms with van der Waals surface area (Å²) in [5, 5.41) is 9.68. The zero-order valence-electron chi connectivity index (χ0n) is 25.7. The molecule has 0 aromatic heterocycles. The first kappa shape index (κ1) is 35.0. The zero-order valence-corrected chi connectivity index (χ0v) is 25.7. The van der Waals surface area contributed by atoms with Crippen LogP contribution in [0.3, 0.4) is 0 Å². The van der Waals surface area contributed by atoms with Crippen molar-refractivity contribution in [1.29, 1.82) is 0 Å². The second-order valence-electron chi connectivity index (χ2n) is 11.2. The Morgan fingerprint density at radius 2 is 1.31 bits per heavy atom. The van der Waals surface area contributed by atoms with Crippen LogP contribution in [0.4, 0.5) is 4.39 Å². The third-order valence-corrected chi connectivity index (χ3v) is 7.48. The second kappa shape index (κ2) is 19.8. The first-order valence-corrected chi connectivity index (χ1v) is 15.9. The van der Waals surface area contributed by atoms with Crippen LogP contribution in [-0.2, 0) is 9.53 Å². The van der Waals surface area contributed by atoms with Crippen molar-refractivity contribution in [3.05, 3.63) is 53.3 Å². The van der Waals surface area contributed by atoms with E-state index in [-0.39, 0.29) is 35.0 Å². The summed E-state index contributed by atoms with van der Waals surface area (Å²) in [6, 6.07) is 8.33. The lowest BCUT2D eigenvalue weighted by atomic mass is 9.97. The fourth-order valence-electron chi connectivity index (χ4n) is 4.97. The van der Waals surface area contributed by atoms with Crippen molar-refractivity contribution in [3.63, 3.8) is 0 Å². The average molecular weight is 585 g/mol. The molecule has 42 heavy (non-hydrogen) atoms. The molecule has 2 rings (SSSR count). The summed E-state index contributed by atoms with van der Waals surface area (Å²) in [7, 11) is 0. The number of aromatic carboxylic acids is 1. The maximum Gasteiger partial charge on any atom is 0.338 e. The Labute approximate surface area is 251 Å². The Morgan fingerprint density at radius 1 is 0.762 bits per heavy atom.